The first kappa shape index (κ1) is 20.0. The Morgan fingerprint density at radius 3 is 2.55 bits per heavy atom. The van der Waals surface area contributed by atoms with Gasteiger partial charge < -0.3 is 19.9 Å². The normalized spacial score (nSPS) is 15.1. The van der Waals surface area contributed by atoms with Gasteiger partial charge in [0.05, 0.1) is 30.4 Å². The van der Waals surface area contributed by atoms with Crippen molar-refractivity contribution in [3.63, 3.8) is 0 Å². The van der Waals surface area contributed by atoms with E-state index in [9.17, 15) is 20.0 Å². The summed E-state index contributed by atoms with van der Waals surface area (Å²) in [5.74, 6) is 0.186. The van der Waals surface area contributed by atoms with Crippen molar-refractivity contribution in [1.82, 2.24) is 0 Å². The molecule has 3 aromatic carbocycles. The molecule has 158 valence electrons. The lowest BCUT2D eigenvalue weighted by atomic mass is 10.0. The van der Waals surface area contributed by atoms with E-state index in [1.54, 1.807) is 42.5 Å². The van der Waals surface area contributed by atoms with Gasteiger partial charge >= 0.3 is 5.69 Å². The molecule has 0 bridgehead atoms. The standard InChI is InChI=1S/C22H19N3O6/c1-30-14-8-9-17(20(12-14)31-2)24-21(13-7-10-19(26)18(11-13)25(28)29)23-16-6-4-3-5-15(16)22(24)27/h3-12,21,23,26H,1-2H3. The number of nitrogens with zero attached hydrogens (tertiary/aromatic N) is 2. The van der Waals surface area contributed by atoms with Gasteiger partial charge in [0.15, 0.2) is 5.75 Å². The summed E-state index contributed by atoms with van der Waals surface area (Å²) in [4.78, 5) is 25.7. The number of phenols is 1. The number of anilines is 2. The van der Waals surface area contributed by atoms with Crippen molar-refractivity contribution < 1.29 is 24.3 Å². The minimum absolute atomic E-state index is 0.307. The lowest BCUT2D eigenvalue weighted by Gasteiger charge is -2.38. The Kier molecular flexibility index (Phi) is 5.08. The van der Waals surface area contributed by atoms with Gasteiger partial charge in [-0.05, 0) is 30.3 Å². The van der Waals surface area contributed by atoms with Crippen molar-refractivity contribution in [1.29, 1.82) is 0 Å². The number of carbonyl (C=O) groups excluding carboxylic acids is 1. The Balaban J connectivity index is 1.91. The molecule has 0 aromatic heterocycles. The van der Waals surface area contributed by atoms with E-state index in [0.717, 1.165) is 0 Å². The molecule has 1 aliphatic heterocycles. The predicted molar refractivity (Wildman–Crippen MR) is 114 cm³/mol. The van der Waals surface area contributed by atoms with E-state index in [-0.39, 0.29) is 5.91 Å². The number of rotatable bonds is 5. The van der Waals surface area contributed by atoms with E-state index < -0.39 is 22.5 Å². The molecule has 0 radical (unpaired) electrons. The zero-order valence-electron chi connectivity index (χ0n) is 16.7. The summed E-state index contributed by atoms with van der Waals surface area (Å²) in [7, 11) is 3.01. The summed E-state index contributed by atoms with van der Waals surface area (Å²) >= 11 is 0. The average molecular weight is 421 g/mol. The van der Waals surface area contributed by atoms with Crippen molar-refractivity contribution in [3.8, 4) is 17.2 Å². The number of ether oxygens (including phenoxy) is 2. The Morgan fingerprint density at radius 1 is 1.06 bits per heavy atom. The number of carbonyl (C=O) groups is 1. The number of phenolic OH excluding ortho intramolecular Hbond substituents is 1. The van der Waals surface area contributed by atoms with E-state index in [2.05, 4.69) is 5.32 Å². The smallest absolute Gasteiger partial charge is 0.311 e. The lowest BCUT2D eigenvalue weighted by Crippen LogP contribution is -2.43. The van der Waals surface area contributed by atoms with Crippen LogP contribution in [0, 0.1) is 10.1 Å². The number of methoxy groups -OCH3 is 2. The monoisotopic (exact) mass is 421 g/mol. The second-order valence-corrected chi connectivity index (χ2v) is 6.81. The minimum Gasteiger partial charge on any atom is -0.502 e. The molecule has 1 aliphatic rings. The van der Waals surface area contributed by atoms with Gasteiger partial charge in [0.25, 0.3) is 5.91 Å². The first-order chi connectivity index (χ1) is 14.9. The summed E-state index contributed by atoms with van der Waals surface area (Å²) in [6.07, 6.45) is -0.788. The third-order valence-corrected chi connectivity index (χ3v) is 5.09. The highest BCUT2D eigenvalue weighted by Crippen LogP contribution is 2.42. The van der Waals surface area contributed by atoms with Gasteiger partial charge in [0.2, 0.25) is 0 Å². The van der Waals surface area contributed by atoms with Gasteiger partial charge in [-0.2, -0.15) is 0 Å². The van der Waals surface area contributed by atoms with E-state index in [1.165, 1.54) is 37.3 Å². The van der Waals surface area contributed by atoms with Crippen LogP contribution in [-0.2, 0) is 0 Å². The van der Waals surface area contributed by atoms with E-state index in [4.69, 9.17) is 9.47 Å². The molecule has 1 atom stereocenters. The van der Waals surface area contributed by atoms with Crippen LogP contribution in [0.5, 0.6) is 17.2 Å². The topological polar surface area (TPSA) is 114 Å². The fraction of sp³-hybridized carbons (Fsp3) is 0.136. The molecule has 0 fully saturated rings. The molecular formula is C22H19N3O6. The average Bonchev–Trinajstić information content (AvgIpc) is 2.79. The summed E-state index contributed by atoms with van der Waals surface area (Å²) < 4.78 is 10.7. The number of nitro groups is 1. The molecule has 0 aliphatic carbocycles. The zero-order chi connectivity index (χ0) is 22.1. The van der Waals surface area contributed by atoms with Crippen LogP contribution >= 0.6 is 0 Å². The Labute approximate surface area is 177 Å². The number of fused-ring (bicyclic) bond motifs is 1. The van der Waals surface area contributed by atoms with Crippen molar-refractivity contribution in [2.45, 2.75) is 6.17 Å². The van der Waals surface area contributed by atoms with Gasteiger partial charge in [0, 0.05) is 23.4 Å². The molecule has 2 N–H and O–H groups in total. The molecule has 1 heterocycles. The number of hydrogen-bond acceptors (Lipinski definition) is 7. The fourth-order valence-electron chi connectivity index (χ4n) is 3.58. The second kappa shape index (κ2) is 7.86. The summed E-state index contributed by atoms with van der Waals surface area (Å²) in [6.45, 7) is 0. The van der Waals surface area contributed by atoms with Crippen LogP contribution in [0.25, 0.3) is 0 Å². The minimum atomic E-state index is -0.788. The van der Waals surface area contributed by atoms with Crippen LogP contribution in [-0.4, -0.2) is 30.2 Å². The number of benzene rings is 3. The van der Waals surface area contributed by atoms with Crippen molar-refractivity contribution in [3.05, 3.63) is 81.9 Å². The van der Waals surface area contributed by atoms with Crippen molar-refractivity contribution >= 4 is 23.0 Å². The molecule has 1 unspecified atom stereocenters. The van der Waals surface area contributed by atoms with Crippen molar-refractivity contribution in [2.24, 2.45) is 0 Å². The lowest BCUT2D eigenvalue weighted by molar-refractivity contribution is -0.385. The molecule has 3 aromatic rings. The number of nitro benzene ring substituents is 1. The Morgan fingerprint density at radius 2 is 1.84 bits per heavy atom. The zero-order valence-corrected chi connectivity index (χ0v) is 16.7. The third-order valence-electron chi connectivity index (χ3n) is 5.09. The largest absolute Gasteiger partial charge is 0.502 e. The second-order valence-electron chi connectivity index (χ2n) is 6.81. The number of aromatic hydroxyl groups is 1. The molecule has 0 saturated carbocycles. The first-order valence-electron chi connectivity index (χ1n) is 9.33. The van der Waals surface area contributed by atoms with Gasteiger partial charge in [-0.3, -0.25) is 19.8 Å². The molecule has 9 heteroatoms. The molecule has 31 heavy (non-hydrogen) atoms. The van der Waals surface area contributed by atoms with Gasteiger partial charge in [0.1, 0.15) is 17.7 Å². The SMILES string of the molecule is COc1ccc(N2C(=O)c3ccccc3NC2c2ccc(O)c([N+](=O)[O-])c2)c(OC)c1. The Bertz CT molecular complexity index is 1180. The molecule has 0 spiro atoms. The maximum Gasteiger partial charge on any atom is 0.311 e. The number of hydrogen-bond donors (Lipinski definition) is 2. The number of nitrogens with one attached hydrogen (secondary N) is 1. The number of amides is 1. The van der Waals surface area contributed by atoms with Gasteiger partial charge in [-0.25, -0.2) is 0 Å². The fourth-order valence-corrected chi connectivity index (χ4v) is 3.58. The molecule has 4 rings (SSSR count). The van der Waals surface area contributed by atoms with Crippen LogP contribution in [0.4, 0.5) is 17.1 Å². The molecule has 1 amide bonds. The first-order valence-corrected chi connectivity index (χ1v) is 9.33. The highest BCUT2D eigenvalue weighted by molar-refractivity contribution is 6.12. The van der Waals surface area contributed by atoms with E-state index in [1.807, 2.05) is 0 Å². The van der Waals surface area contributed by atoms with Crippen LogP contribution < -0.4 is 19.7 Å². The highest BCUT2D eigenvalue weighted by Gasteiger charge is 2.36. The Hall–Kier alpha value is -4.27. The molecule has 9 nitrogen and oxygen atoms in total. The van der Waals surface area contributed by atoms with Crippen LogP contribution in [0.3, 0.4) is 0 Å². The number of para-hydroxylation sites is 1. The summed E-state index contributed by atoms with van der Waals surface area (Å²) in [6, 6.07) is 16.1. The van der Waals surface area contributed by atoms with Crippen molar-refractivity contribution in [2.75, 3.05) is 24.4 Å². The maximum absolute atomic E-state index is 13.5. The van der Waals surface area contributed by atoms with Crippen LogP contribution in [0.15, 0.2) is 60.7 Å². The third kappa shape index (κ3) is 3.46. The predicted octanol–water partition coefficient (Wildman–Crippen LogP) is 4.09. The molecule has 0 saturated heterocycles. The van der Waals surface area contributed by atoms with Gasteiger partial charge in [-0.15, -0.1) is 0 Å². The quantitative estimate of drug-likeness (QED) is 0.471. The van der Waals surface area contributed by atoms with E-state index >= 15 is 0 Å². The van der Waals surface area contributed by atoms with Crippen LogP contribution in [0.1, 0.15) is 22.1 Å². The summed E-state index contributed by atoms with van der Waals surface area (Å²) in [5, 5.41) is 24.5. The maximum atomic E-state index is 13.5. The van der Waals surface area contributed by atoms with E-state index in [0.29, 0.717) is 34.0 Å². The molecular weight excluding hydrogens is 402 g/mol. The van der Waals surface area contributed by atoms with Gasteiger partial charge in [-0.1, -0.05) is 18.2 Å². The highest BCUT2D eigenvalue weighted by atomic mass is 16.6. The van der Waals surface area contributed by atoms with Crippen LogP contribution in [0.2, 0.25) is 0 Å². The summed E-state index contributed by atoms with van der Waals surface area (Å²) in [5.41, 5.74) is 1.47.